The fourth-order valence-electron chi connectivity index (χ4n) is 3.83. The Labute approximate surface area is 181 Å². The van der Waals surface area contributed by atoms with Gasteiger partial charge in [-0.15, -0.1) is 0 Å². The molecule has 2 N–H and O–H groups in total. The maximum atomic E-state index is 13.7. The van der Waals surface area contributed by atoms with Crippen LogP contribution in [0.3, 0.4) is 0 Å². The topological polar surface area (TPSA) is 67.4 Å². The van der Waals surface area contributed by atoms with Gasteiger partial charge in [-0.25, -0.2) is 8.78 Å². The fourth-order valence-corrected chi connectivity index (χ4v) is 3.83. The van der Waals surface area contributed by atoms with Crippen LogP contribution in [0.4, 0.5) is 8.78 Å². The average Bonchev–Trinajstić information content (AvgIpc) is 2.75. The van der Waals surface area contributed by atoms with Gasteiger partial charge in [0.05, 0.1) is 13.0 Å². The Morgan fingerprint density at radius 3 is 2.39 bits per heavy atom. The normalized spacial score (nSPS) is 18.3. The second-order valence-corrected chi connectivity index (χ2v) is 7.82. The van der Waals surface area contributed by atoms with Gasteiger partial charge in [-0.05, 0) is 56.4 Å². The van der Waals surface area contributed by atoms with Crippen molar-refractivity contribution in [3.63, 3.8) is 0 Å². The first kappa shape index (κ1) is 22.7. The lowest BCUT2D eigenvalue weighted by Crippen LogP contribution is -2.41. The minimum absolute atomic E-state index is 0.0314. The summed E-state index contributed by atoms with van der Waals surface area (Å²) >= 11 is 0. The summed E-state index contributed by atoms with van der Waals surface area (Å²) in [5.41, 5.74) is 1.17. The molecule has 2 aromatic carbocycles. The number of carbonyl (C=O) groups excluding carboxylic acids is 2. The van der Waals surface area contributed by atoms with Crippen LogP contribution in [-0.2, 0) is 22.6 Å². The number of rotatable bonds is 8. The van der Waals surface area contributed by atoms with E-state index in [1.54, 1.807) is 0 Å². The number of hydrogen-bond acceptors (Lipinski definition) is 3. The number of halogens is 2. The Hall–Kier alpha value is -2.96. The second kappa shape index (κ2) is 10.9. The van der Waals surface area contributed by atoms with Gasteiger partial charge in [-0.3, -0.25) is 9.59 Å². The SMILES string of the molecule is CCOc1ccc(CC(=O)NC2CCC(C(=O)NCc3ccc(F)cc3F)CC2)cc1. The molecule has 0 atom stereocenters. The van der Waals surface area contributed by atoms with Gasteiger partial charge in [0.2, 0.25) is 11.8 Å². The lowest BCUT2D eigenvalue weighted by molar-refractivity contribution is -0.126. The highest BCUT2D eigenvalue weighted by molar-refractivity contribution is 5.80. The largest absolute Gasteiger partial charge is 0.494 e. The summed E-state index contributed by atoms with van der Waals surface area (Å²) in [5, 5.41) is 5.78. The fraction of sp³-hybridized carbons (Fsp3) is 0.417. The van der Waals surface area contributed by atoms with Crippen molar-refractivity contribution in [2.75, 3.05) is 6.61 Å². The molecule has 0 radical (unpaired) electrons. The molecule has 2 amide bonds. The molecule has 0 heterocycles. The van der Waals surface area contributed by atoms with Crippen LogP contribution in [0, 0.1) is 17.6 Å². The first-order chi connectivity index (χ1) is 14.9. The molecular weight excluding hydrogens is 402 g/mol. The Kier molecular flexibility index (Phi) is 7.98. The van der Waals surface area contributed by atoms with E-state index in [4.69, 9.17) is 4.74 Å². The maximum absolute atomic E-state index is 13.7. The van der Waals surface area contributed by atoms with Crippen molar-refractivity contribution in [3.05, 3.63) is 65.2 Å². The predicted octanol–water partition coefficient (Wildman–Crippen LogP) is 3.90. The minimum Gasteiger partial charge on any atom is -0.494 e. The van der Waals surface area contributed by atoms with Gasteiger partial charge in [-0.2, -0.15) is 0 Å². The smallest absolute Gasteiger partial charge is 0.224 e. The van der Waals surface area contributed by atoms with Crippen molar-refractivity contribution >= 4 is 11.8 Å². The first-order valence-corrected chi connectivity index (χ1v) is 10.7. The molecule has 0 aliphatic heterocycles. The predicted molar refractivity (Wildman–Crippen MR) is 113 cm³/mol. The van der Waals surface area contributed by atoms with Gasteiger partial charge in [0.15, 0.2) is 0 Å². The van der Waals surface area contributed by atoms with Crippen LogP contribution in [0.5, 0.6) is 5.75 Å². The van der Waals surface area contributed by atoms with Crippen molar-refractivity contribution < 1.29 is 23.1 Å². The van der Waals surface area contributed by atoms with Crippen molar-refractivity contribution in [1.82, 2.24) is 10.6 Å². The monoisotopic (exact) mass is 430 g/mol. The molecule has 0 bridgehead atoms. The number of nitrogens with one attached hydrogen (secondary N) is 2. The molecule has 0 saturated heterocycles. The van der Waals surface area contributed by atoms with Gasteiger partial charge in [0.25, 0.3) is 0 Å². The van der Waals surface area contributed by atoms with Gasteiger partial charge in [0, 0.05) is 30.1 Å². The molecule has 2 aromatic rings. The molecule has 1 aliphatic carbocycles. The highest BCUT2D eigenvalue weighted by Crippen LogP contribution is 2.25. The van der Waals surface area contributed by atoms with E-state index in [-0.39, 0.29) is 35.9 Å². The number of benzene rings is 2. The lowest BCUT2D eigenvalue weighted by Gasteiger charge is -2.28. The minimum atomic E-state index is -0.667. The molecule has 0 aromatic heterocycles. The molecule has 3 rings (SSSR count). The van der Waals surface area contributed by atoms with E-state index < -0.39 is 11.6 Å². The van der Waals surface area contributed by atoms with Gasteiger partial charge in [-0.1, -0.05) is 18.2 Å². The Morgan fingerprint density at radius 2 is 1.74 bits per heavy atom. The molecule has 7 heteroatoms. The van der Waals surface area contributed by atoms with Crippen LogP contribution in [0.25, 0.3) is 0 Å². The molecule has 31 heavy (non-hydrogen) atoms. The quantitative estimate of drug-likeness (QED) is 0.668. The lowest BCUT2D eigenvalue weighted by atomic mass is 9.85. The summed E-state index contributed by atoms with van der Waals surface area (Å²) in [5.74, 6) is -0.866. The molecule has 1 aliphatic rings. The standard InChI is InChI=1S/C24H28F2N2O3/c1-2-31-21-11-3-16(4-12-21)13-23(29)28-20-9-6-17(7-10-20)24(30)27-15-18-5-8-19(25)14-22(18)26/h3-5,8,11-12,14,17,20H,2,6-7,9-10,13,15H2,1H3,(H,27,30)(H,28,29). The van der Waals surface area contributed by atoms with E-state index in [1.807, 2.05) is 31.2 Å². The Bertz CT molecular complexity index is 894. The van der Waals surface area contributed by atoms with Crippen molar-refractivity contribution in [2.45, 2.75) is 51.6 Å². The summed E-state index contributed by atoms with van der Waals surface area (Å²) in [6.45, 7) is 2.55. The molecule has 5 nitrogen and oxygen atoms in total. The van der Waals surface area contributed by atoms with Crippen LogP contribution >= 0.6 is 0 Å². The molecule has 0 unspecified atom stereocenters. The molecular formula is C24H28F2N2O3. The molecule has 1 fully saturated rings. The van der Waals surface area contributed by atoms with E-state index in [9.17, 15) is 18.4 Å². The molecule has 1 saturated carbocycles. The average molecular weight is 430 g/mol. The van der Waals surface area contributed by atoms with Crippen molar-refractivity contribution in [2.24, 2.45) is 5.92 Å². The highest BCUT2D eigenvalue weighted by atomic mass is 19.1. The van der Waals surface area contributed by atoms with E-state index in [2.05, 4.69) is 10.6 Å². The van der Waals surface area contributed by atoms with E-state index in [1.165, 1.54) is 12.1 Å². The second-order valence-electron chi connectivity index (χ2n) is 7.82. The third-order valence-corrected chi connectivity index (χ3v) is 5.53. The maximum Gasteiger partial charge on any atom is 0.224 e. The number of ether oxygens (including phenoxy) is 1. The molecule has 0 spiro atoms. The number of hydrogen-bond donors (Lipinski definition) is 2. The molecule has 166 valence electrons. The van der Waals surface area contributed by atoms with Gasteiger partial charge in [0.1, 0.15) is 17.4 Å². The highest BCUT2D eigenvalue weighted by Gasteiger charge is 2.27. The van der Waals surface area contributed by atoms with Crippen LogP contribution in [0.1, 0.15) is 43.7 Å². The van der Waals surface area contributed by atoms with Crippen molar-refractivity contribution in [1.29, 1.82) is 0 Å². The van der Waals surface area contributed by atoms with Crippen LogP contribution in [0.15, 0.2) is 42.5 Å². The Morgan fingerprint density at radius 1 is 1.03 bits per heavy atom. The number of amides is 2. The third-order valence-electron chi connectivity index (χ3n) is 5.53. The van der Waals surface area contributed by atoms with Crippen LogP contribution in [-0.4, -0.2) is 24.5 Å². The summed E-state index contributed by atoms with van der Waals surface area (Å²) in [4.78, 5) is 24.7. The van der Waals surface area contributed by atoms with Gasteiger partial charge >= 0.3 is 0 Å². The Balaban J connectivity index is 1.39. The van der Waals surface area contributed by atoms with Crippen molar-refractivity contribution in [3.8, 4) is 5.75 Å². The van der Waals surface area contributed by atoms with Crippen LogP contribution < -0.4 is 15.4 Å². The van der Waals surface area contributed by atoms with Crippen LogP contribution in [0.2, 0.25) is 0 Å². The zero-order valence-corrected chi connectivity index (χ0v) is 17.6. The zero-order chi connectivity index (χ0) is 22.2. The summed E-state index contributed by atoms with van der Waals surface area (Å²) < 4.78 is 32.1. The first-order valence-electron chi connectivity index (χ1n) is 10.7. The van der Waals surface area contributed by atoms with E-state index >= 15 is 0 Å². The van der Waals surface area contributed by atoms with E-state index in [0.717, 1.165) is 30.2 Å². The summed E-state index contributed by atoms with van der Waals surface area (Å²) in [7, 11) is 0. The summed E-state index contributed by atoms with van der Waals surface area (Å²) in [6, 6.07) is 10.8. The third kappa shape index (κ3) is 6.77. The van der Waals surface area contributed by atoms with Gasteiger partial charge < -0.3 is 15.4 Å². The number of carbonyl (C=O) groups is 2. The van der Waals surface area contributed by atoms with E-state index in [0.29, 0.717) is 25.9 Å². The summed E-state index contributed by atoms with van der Waals surface area (Å²) in [6.07, 6.45) is 3.06. The zero-order valence-electron chi connectivity index (χ0n) is 17.6.